The van der Waals surface area contributed by atoms with Crippen molar-refractivity contribution in [3.05, 3.63) is 87.5 Å². The van der Waals surface area contributed by atoms with Gasteiger partial charge in [0.05, 0.1) is 5.56 Å². The van der Waals surface area contributed by atoms with Crippen LogP contribution >= 0.6 is 22.6 Å². The molecule has 120 valence electrons. The van der Waals surface area contributed by atoms with Crippen molar-refractivity contribution in [1.29, 1.82) is 0 Å². The first-order chi connectivity index (χ1) is 11.5. The van der Waals surface area contributed by atoms with Gasteiger partial charge in [0.1, 0.15) is 5.82 Å². The van der Waals surface area contributed by atoms with E-state index in [1.165, 1.54) is 24.3 Å². The highest BCUT2D eigenvalue weighted by molar-refractivity contribution is 14.1. The molecule has 0 amide bonds. The molecule has 0 spiro atoms. The fourth-order valence-corrected chi connectivity index (χ4v) is 2.51. The molecule has 0 fully saturated rings. The highest BCUT2D eigenvalue weighted by Crippen LogP contribution is 2.26. The summed E-state index contributed by atoms with van der Waals surface area (Å²) in [6.07, 6.45) is 0. The number of rotatable bonds is 3. The van der Waals surface area contributed by atoms with E-state index >= 15 is 0 Å². The lowest BCUT2D eigenvalue weighted by Crippen LogP contribution is -2.09. The molecule has 0 radical (unpaired) electrons. The summed E-state index contributed by atoms with van der Waals surface area (Å²) in [5.41, 5.74) is 1.59. The van der Waals surface area contributed by atoms with Crippen LogP contribution in [0.5, 0.6) is 5.75 Å². The third kappa shape index (κ3) is 3.79. The minimum absolute atomic E-state index is 0.149. The standard InChI is InChI=1S/C19H11F2IO2/c20-15-6-1-12(2-7-15)14-5-10-18(17(21)11-14)24-19(23)13-3-8-16(22)9-4-13/h1-11H. The molecule has 0 aromatic heterocycles. The van der Waals surface area contributed by atoms with Crippen molar-refractivity contribution in [1.82, 2.24) is 0 Å². The second kappa shape index (κ2) is 7.09. The number of hydrogen-bond donors (Lipinski definition) is 0. The number of esters is 1. The van der Waals surface area contributed by atoms with Crippen LogP contribution in [0.4, 0.5) is 8.78 Å². The number of carbonyl (C=O) groups excluding carboxylic acids is 1. The fourth-order valence-electron chi connectivity index (χ4n) is 2.15. The molecule has 0 atom stereocenters. The molecule has 0 saturated carbocycles. The van der Waals surface area contributed by atoms with Crippen LogP contribution in [0.3, 0.4) is 0 Å². The van der Waals surface area contributed by atoms with E-state index in [1.807, 2.05) is 0 Å². The van der Waals surface area contributed by atoms with Crippen LogP contribution in [0.2, 0.25) is 0 Å². The lowest BCUT2D eigenvalue weighted by atomic mass is 10.1. The van der Waals surface area contributed by atoms with E-state index in [2.05, 4.69) is 22.6 Å². The fraction of sp³-hybridized carbons (Fsp3) is 0. The quantitative estimate of drug-likeness (QED) is 0.310. The van der Waals surface area contributed by atoms with Gasteiger partial charge in [0, 0.05) is 3.57 Å². The summed E-state index contributed by atoms with van der Waals surface area (Å²) in [5.74, 6) is -1.79. The van der Waals surface area contributed by atoms with Crippen molar-refractivity contribution in [2.75, 3.05) is 0 Å². The Kier molecular flexibility index (Phi) is 4.89. The summed E-state index contributed by atoms with van der Waals surface area (Å²) in [6.45, 7) is 0. The molecule has 0 unspecified atom stereocenters. The number of carbonyl (C=O) groups is 1. The summed E-state index contributed by atoms with van der Waals surface area (Å²) in [6, 6.07) is 16.8. The van der Waals surface area contributed by atoms with E-state index in [1.54, 1.807) is 42.5 Å². The van der Waals surface area contributed by atoms with Crippen molar-refractivity contribution < 1.29 is 18.3 Å². The van der Waals surface area contributed by atoms with Gasteiger partial charge in [-0.1, -0.05) is 18.2 Å². The average Bonchev–Trinajstić information content (AvgIpc) is 2.58. The average molecular weight is 436 g/mol. The normalized spacial score (nSPS) is 10.5. The molecule has 3 aromatic rings. The zero-order valence-corrected chi connectivity index (χ0v) is 14.5. The van der Waals surface area contributed by atoms with Gasteiger partial charge < -0.3 is 4.74 Å². The Balaban J connectivity index is 1.81. The third-order valence-corrected chi connectivity index (χ3v) is 4.11. The summed E-state index contributed by atoms with van der Waals surface area (Å²) < 4.78 is 33.2. The minimum Gasteiger partial charge on any atom is -0.420 e. The van der Waals surface area contributed by atoms with Gasteiger partial charge >= 0.3 is 5.97 Å². The van der Waals surface area contributed by atoms with Crippen LogP contribution in [0, 0.1) is 15.2 Å². The molecule has 3 aromatic carbocycles. The van der Waals surface area contributed by atoms with E-state index in [0.717, 1.165) is 3.57 Å². The number of hydrogen-bond acceptors (Lipinski definition) is 2. The van der Waals surface area contributed by atoms with Crippen LogP contribution in [-0.4, -0.2) is 5.97 Å². The Labute approximate surface area is 151 Å². The third-order valence-electron chi connectivity index (χ3n) is 3.39. The maximum absolute atomic E-state index is 14.2. The Morgan fingerprint density at radius 2 is 1.46 bits per heavy atom. The first kappa shape index (κ1) is 16.6. The molecule has 0 aliphatic carbocycles. The molecule has 5 heteroatoms. The van der Waals surface area contributed by atoms with Crippen molar-refractivity contribution in [3.63, 3.8) is 0 Å². The maximum Gasteiger partial charge on any atom is 0.343 e. The van der Waals surface area contributed by atoms with E-state index in [9.17, 15) is 13.6 Å². The molecule has 0 saturated heterocycles. The second-order valence-electron chi connectivity index (χ2n) is 5.05. The smallest absolute Gasteiger partial charge is 0.343 e. The Morgan fingerprint density at radius 1 is 0.833 bits per heavy atom. The first-order valence-electron chi connectivity index (χ1n) is 7.06. The molecule has 0 heterocycles. The van der Waals surface area contributed by atoms with Crippen molar-refractivity contribution in [3.8, 4) is 16.9 Å². The number of benzene rings is 3. The zero-order chi connectivity index (χ0) is 17.1. The summed E-state index contributed by atoms with van der Waals surface area (Å²) in [5, 5.41) is 0. The maximum atomic E-state index is 14.2. The highest BCUT2D eigenvalue weighted by Gasteiger charge is 2.13. The van der Waals surface area contributed by atoms with E-state index < -0.39 is 11.8 Å². The van der Waals surface area contributed by atoms with E-state index in [4.69, 9.17) is 4.74 Å². The Bertz CT molecular complexity index is 875. The van der Waals surface area contributed by atoms with Gasteiger partial charge in [-0.3, -0.25) is 0 Å². The predicted molar refractivity (Wildman–Crippen MR) is 95.9 cm³/mol. The molecular weight excluding hydrogens is 425 g/mol. The van der Waals surface area contributed by atoms with Crippen LogP contribution < -0.4 is 4.74 Å². The molecule has 3 rings (SSSR count). The number of halogens is 3. The second-order valence-corrected chi connectivity index (χ2v) is 6.29. The highest BCUT2D eigenvalue weighted by atomic mass is 127. The topological polar surface area (TPSA) is 26.3 Å². The van der Waals surface area contributed by atoms with E-state index in [0.29, 0.717) is 16.7 Å². The summed E-state index contributed by atoms with van der Waals surface area (Å²) >= 11 is 2.12. The molecule has 0 bridgehead atoms. The largest absolute Gasteiger partial charge is 0.420 e. The van der Waals surface area contributed by atoms with Crippen molar-refractivity contribution >= 4 is 28.6 Å². The van der Waals surface area contributed by atoms with Crippen LogP contribution in [0.1, 0.15) is 10.4 Å². The minimum atomic E-state index is -0.657. The first-order valence-corrected chi connectivity index (χ1v) is 8.14. The lowest BCUT2D eigenvalue weighted by molar-refractivity contribution is 0.0728. The molecule has 0 aliphatic heterocycles. The van der Waals surface area contributed by atoms with Gasteiger partial charge in [-0.2, -0.15) is 0 Å². The van der Waals surface area contributed by atoms with Gasteiger partial charge in [-0.25, -0.2) is 13.6 Å². The van der Waals surface area contributed by atoms with Crippen LogP contribution in [-0.2, 0) is 0 Å². The Hall–Kier alpha value is -2.28. The van der Waals surface area contributed by atoms with Gasteiger partial charge in [-0.05, 0) is 82.2 Å². The number of ether oxygens (including phenoxy) is 1. The van der Waals surface area contributed by atoms with Crippen LogP contribution in [0.25, 0.3) is 11.1 Å². The molecule has 0 aliphatic rings. The summed E-state index contributed by atoms with van der Waals surface area (Å²) in [4.78, 5) is 12.0. The van der Waals surface area contributed by atoms with Gasteiger partial charge in [0.25, 0.3) is 0 Å². The zero-order valence-electron chi connectivity index (χ0n) is 12.3. The molecular formula is C19H11F2IO2. The Morgan fingerprint density at radius 3 is 2.08 bits per heavy atom. The molecule has 24 heavy (non-hydrogen) atoms. The van der Waals surface area contributed by atoms with Crippen molar-refractivity contribution in [2.45, 2.75) is 0 Å². The van der Waals surface area contributed by atoms with Gasteiger partial charge in [-0.15, -0.1) is 0 Å². The predicted octanol–water partition coefficient (Wildman–Crippen LogP) is 5.46. The SMILES string of the molecule is O=C(Oc1ccc(-c2ccc(F)cc2)cc1F)c1ccc(I)cc1. The van der Waals surface area contributed by atoms with Crippen LogP contribution in [0.15, 0.2) is 66.7 Å². The lowest BCUT2D eigenvalue weighted by Gasteiger charge is -2.08. The van der Waals surface area contributed by atoms with Gasteiger partial charge in [0.2, 0.25) is 0 Å². The van der Waals surface area contributed by atoms with E-state index in [-0.39, 0.29) is 11.6 Å². The molecule has 2 nitrogen and oxygen atoms in total. The monoisotopic (exact) mass is 436 g/mol. The van der Waals surface area contributed by atoms with Gasteiger partial charge in [0.15, 0.2) is 11.6 Å². The summed E-state index contributed by atoms with van der Waals surface area (Å²) in [7, 11) is 0. The van der Waals surface area contributed by atoms with Crippen molar-refractivity contribution in [2.24, 2.45) is 0 Å². The molecule has 0 N–H and O–H groups in total.